The number of fused-ring (bicyclic) bond motifs is 1. The first kappa shape index (κ1) is 13.6. The van der Waals surface area contributed by atoms with Gasteiger partial charge in [0.25, 0.3) is 0 Å². The SMILES string of the molecule is Cn1nnc2cc(NC(=O)Nc3ccc(Br)cc3)ccc21. The van der Waals surface area contributed by atoms with Gasteiger partial charge in [-0.15, -0.1) is 5.10 Å². The Labute approximate surface area is 129 Å². The van der Waals surface area contributed by atoms with Crippen LogP contribution in [0.5, 0.6) is 0 Å². The van der Waals surface area contributed by atoms with Crippen molar-refractivity contribution in [1.29, 1.82) is 0 Å². The molecule has 0 aliphatic carbocycles. The van der Waals surface area contributed by atoms with Gasteiger partial charge in [0.05, 0.1) is 5.52 Å². The van der Waals surface area contributed by atoms with Crippen LogP contribution in [0, 0.1) is 0 Å². The maximum Gasteiger partial charge on any atom is 0.323 e. The number of halogens is 1. The fourth-order valence-corrected chi connectivity index (χ4v) is 2.21. The molecular formula is C14H12BrN5O. The van der Waals surface area contributed by atoms with Gasteiger partial charge in [-0.05, 0) is 42.5 Å². The lowest BCUT2D eigenvalue weighted by Gasteiger charge is -2.07. The predicted octanol–water partition coefficient (Wildman–Crippen LogP) is 3.37. The van der Waals surface area contributed by atoms with Gasteiger partial charge in [-0.2, -0.15) is 0 Å². The highest BCUT2D eigenvalue weighted by molar-refractivity contribution is 9.10. The number of aromatic nitrogens is 3. The van der Waals surface area contributed by atoms with Gasteiger partial charge in [0.1, 0.15) is 5.52 Å². The quantitative estimate of drug-likeness (QED) is 0.747. The van der Waals surface area contributed by atoms with E-state index in [0.717, 1.165) is 21.2 Å². The van der Waals surface area contributed by atoms with Crippen LogP contribution in [0.15, 0.2) is 46.9 Å². The summed E-state index contributed by atoms with van der Waals surface area (Å²) in [6.45, 7) is 0. The zero-order chi connectivity index (χ0) is 14.8. The van der Waals surface area contributed by atoms with Crippen molar-refractivity contribution >= 4 is 44.4 Å². The molecule has 0 saturated heterocycles. The van der Waals surface area contributed by atoms with Crippen molar-refractivity contribution in [2.45, 2.75) is 0 Å². The third-order valence-corrected chi connectivity index (χ3v) is 3.50. The van der Waals surface area contributed by atoms with Crippen molar-refractivity contribution in [3.63, 3.8) is 0 Å². The van der Waals surface area contributed by atoms with Crippen molar-refractivity contribution < 1.29 is 4.79 Å². The molecule has 21 heavy (non-hydrogen) atoms. The number of carbonyl (C=O) groups excluding carboxylic acids is 1. The van der Waals surface area contributed by atoms with Gasteiger partial charge < -0.3 is 10.6 Å². The molecule has 0 unspecified atom stereocenters. The third kappa shape index (κ3) is 3.03. The van der Waals surface area contributed by atoms with Crippen molar-refractivity contribution in [3.05, 3.63) is 46.9 Å². The van der Waals surface area contributed by atoms with E-state index >= 15 is 0 Å². The van der Waals surface area contributed by atoms with Crippen molar-refractivity contribution in [2.75, 3.05) is 10.6 Å². The molecule has 0 atom stereocenters. The van der Waals surface area contributed by atoms with Crippen LogP contribution in [-0.2, 0) is 7.05 Å². The molecule has 0 saturated carbocycles. The van der Waals surface area contributed by atoms with Crippen LogP contribution >= 0.6 is 15.9 Å². The van der Waals surface area contributed by atoms with Crippen LogP contribution in [-0.4, -0.2) is 21.0 Å². The summed E-state index contributed by atoms with van der Waals surface area (Å²) in [5.41, 5.74) is 3.03. The highest BCUT2D eigenvalue weighted by atomic mass is 79.9. The Kier molecular flexibility index (Phi) is 3.57. The smallest absolute Gasteiger partial charge is 0.308 e. The van der Waals surface area contributed by atoms with Crippen molar-refractivity contribution in [3.8, 4) is 0 Å². The number of nitrogens with one attached hydrogen (secondary N) is 2. The predicted molar refractivity (Wildman–Crippen MR) is 85.3 cm³/mol. The van der Waals surface area contributed by atoms with Crippen molar-refractivity contribution in [1.82, 2.24) is 15.0 Å². The summed E-state index contributed by atoms with van der Waals surface area (Å²) in [6, 6.07) is 12.5. The number of nitrogens with zero attached hydrogens (tertiary/aromatic N) is 3. The molecule has 3 aromatic rings. The first-order chi connectivity index (χ1) is 10.1. The molecule has 0 bridgehead atoms. The van der Waals surface area contributed by atoms with E-state index in [1.165, 1.54) is 0 Å². The molecule has 6 nitrogen and oxygen atoms in total. The highest BCUT2D eigenvalue weighted by Gasteiger charge is 2.06. The van der Waals surface area contributed by atoms with Gasteiger partial charge in [0, 0.05) is 22.9 Å². The second kappa shape index (κ2) is 5.53. The van der Waals surface area contributed by atoms with Gasteiger partial charge in [0.2, 0.25) is 0 Å². The molecule has 2 N–H and O–H groups in total. The molecule has 0 fully saturated rings. The largest absolute Gasteiger partial charge is 0.323 e. The highest BCUT2D eigenvalue weighted by Crippen LogP contribution is 2.17. The molecule has 2 aromatic carbocycles. The molecule has 0 aliphatic rings. The first-order valence-corrected chi connectivity index (χ1v) is 7.04. The summed E-state index contributed by atoms with van der Waals surface area (Å²) in [7, 11) is 1.82. The van der Waals surface area contributed by atoms with Crippen LogP contribution in [0.25, 0.3) is 11.0 Å². The molecule has 106 valence electrons. The van der Waals surface area contributed by atoms with Crippen molar-refractivity contribution in [2.24, 2.45) is 7.05 Å². The lowest BCUT2D eigenvalue weighted by molar-refractivity contribution is 0.262. The standard InChI is InChI=1S/C14H12BrN5O/c1-20-13-7-6-11(8-12(13)18-19-20)17-14(21)16-10-4-2-9(15)3-5-10/h2-8H,1H3,(H2,16,17,21). The van der Waals surface area contributed by atoms with Gasteiger partial charge in [-0.25, -0.2) is 9.48 Å². The molecule has 2 amide bonds. The van der Waals surface area contributed by atoms with Crippen LogP contribution in [0.3, 0.4) is 0 Å². The van der Waals surface area contributed by atoms with E-state index in [4.69, 9.17) is 0 Å². The average Bonchev–Trinajstić information content (AvgIpc) is 2.82. The number of anilines is 2. The van der Waals surface area contributed by atoms with Crippen LogP contribution < -0.4 is 10.6 Å². The summed E-state index contributed by atoms with van der Waals surface area (Å²) < 4.78 is 2.64. The molecule has 0 aliphatic heterocycles. The molecular weight excluding hydrogens is 334 g/mol. The Morgan fingerprint density at radius 3 is 2.52 bits per heavy atom. The maximum atomic E-state index is 11.9. The zero-order valence-corrected chi connectivity index (χ0v) is 12.8. The van der Waals surface area contributed by atoms with Crippen LogP contribution in [0.1, 0.15) is 0 Å². The van der Waals surface area contributed by atoms with Gasteiger partial charge >= 0.3 is 6.03 Å². The summed E-state index contributed by atoms with van der Waals surface area (Å²) in [5.74, 6) is 0. The number of amides is 2. The second-order valence-corrected chi connectivity index (χ2v) is 5.42. The molecule has 1 aromatic heterocycles. The molecule has 1 heterocycles. The second-order valence-electron chi connectivity index (χ2n) is 4.50. The molecule has 0 radical (unpaired) electrons. The minimum Gasteiger partial charge on any atom is -0.308 e. The monoisotopic (exact) mass is 345 g/mol. The van der Waals surface area contributed by atoms with E-state index in [1.54, 1.807) is 10.7 Å². The van der Waals surface area contributed by atoms with Gasteiger partial charge in [-0.3, -0.25) is 0 Å². The first-order valence-electron chi connectivity index (χ1n) is 6.25. The van der Waals surface area contributed by atoms with E-state index in [0.29, 0.717) is 5.69 Å². The number of hydrogen-bond acceptors (Lipinski definition) is 3. The van der Waals surface area contributed by atoms with Gasteiger partial charge in [0.15, 0.2) is 0 Å². The maximum absolute atomic E-state index is 11.9. The Hall–Kier alpha value is -2.41. The Morgan fingerprint density at radius 2 is 1.76 bits per heavy atom. The number of carbonyl (C=O) groups is 1. The van der Waals surface area contributed by atoms with Gasteiger partial charge in [-0.1, -0.05) is 21.1 Å². The fraction of sp³-hybridized carbons (Fsp3) is 0.0714. The lowest BCUT2D eigenvalue weighted by Crippen LogP contribution is -2.19. The minimum absolute atomic E-state index is 0.305. The molecule has 3 rings (SSSR count). The fourth-order valence-electron chi connectivity index (χ4n) is 1.95. The number of hydrogen-bond donors (Lipinski definition) is 2. The Morgan fingerprint density at radius 1 is 1.10 bits per heavy atom. The minimum atomic E-state index is -0.305. The Bertz CT molecular complexity index is 797. The van der Waals surface area contributed by atoms with Crippen LogP contribution in [0.4, 0.5) is 16.2 Å². The third-order valence-electron chi connectivity index (χ3n) is 2.97. The van der Waals surface area contributed by atoms with E-state index in [2.05, 4.69) is 36.9 Å². The lowest BCUT2D eigenvalue weighted by atomic mass is 10.2. The zero-order valence-electron chi connectivity index (χ0n) is 11.2. The Balaban J connectivity index is 1.72. The van der Waals surface area contributed by atoms with E-state index < -0.39 is 0 Å². The molecule has 0 spiro atoms. The number of aryl methyl sites for hydroxylation is 1. The number of urea groups is 1. The molecule has 7 heteroatoms. The summed E-state index contributed by atoms with van der Waals surface area (Å²) in [4.78, 5) is 11.9. The number of rotatable bonds is 2. The topological polar surface area (TPSA) is 71.8 Å². The van der Waals surface area contributed by atoms with E-state index in [1.807, 2.05) is 43.4 Å². The normalized spacial score (nSPS) is 10.6. The summed E-state index contributed by atoms with van der Waals surface area (Å²) >= 11 is 3.35. The van der Waals surface area contributed by atoms with Crippen LogP contribution in [0.2, 0.25) is 0 Å². The van der Waals surface area contributed by atoms with E-state index in [-0.39, 0.29) is 6.03 Å². The summed E-state index contributed by atoms with van der Waals surface area (Å²) in [6.07, 6.45) is 0. The number of benzene rings is 2. The van der Waals surface area contributed by atoms with E-state index in [9.17, 15) is 4.79 Å². The average molecular weight is 346 g/mol. The summed E-state index contributed by atoms with van der Waals surface area (Å²) in [5, 5.41) is 13.5.